The summed E-state index contributed by atoms with van der Waals surface area (Å²) in [4.78, 5) is 0. The standard InChI is InChI=1S/C21H17Si.C14H11.Mg/c1-15-13-20-18-10-6-5-9-17(18)11-12-19(20)21(15)22-14-16-7-3-2-4-8-16;1-10-8-12-7-6-11-4-2-3-5-13(11)14(12)9-10;/h2-12,22H,14H2,1H3;2-9H,1H3;. The first-order valence-electron chi connectivity index (χ1n) is 13.4. The summed E-state index contributed by atoms with van der Waals surface area (Å²) >= 11 is -0.632. The second kappa shape index (κ2) is 9.36. The first-order chi connectivity index (χ1) is 18.2. The third-order valence-electron chi connectivity index (χ3n) is 8.46. The highest BCUT2D eigenvalue weighted by Crippen LogP contribution is 2.45. The van der Waals surface area contributed by atoms with E-state index in [-0.39, 0.29) is 9.13 Å². The summed E-state index contributed by atoms with van der Waals surface area (Å²) in [5.41, 5.74) is 10.7. The maximum atomic E-state index is 2.46. The Bertz CT molecular complexity index is 1790. The maximum Gasteiger partial charge on any atom is 0.427 e. The minimum Gasteiger partial charge on any atom is -0.161 e. The first kappa shape index (κ1) is 23.1. The minimum atomic E-state index is -0.632. The molecule has 0 spiro atoms. The number of allylic oxidation sites excluding steroid dienone is 2. The molecule has 2 aliphatic rings. The van der Waals surface area contributed by atoms with E-state index in [9.17, 15) is 0 Å². The predicted molar refractivity (Wildman–Crippen MR) is 164 cm³/mol. The van der Waals surface area contributed by atoms with Crippen LogP contribution in [0.15, 0.2) is 114 Å². The molecule has 7 rings (SSSR count). The van der Waals surface area contributed by atoms with Gasteiger partial charge in [-0.15, -0.1) is 0 Å². The summed E-state index contributed by atoms with van der Waals surface area (Å²) in [6.07, 6.45) is 2.46. The van der Waals surface area contributed by atoms with Gasteiger partial charge in [-0.25, -0.2) is 0 Å². The fourth-order valence-corrected chi connectivity index (χ4v) is 11.0. The Morgan fingerprint density at radius 3 is 2.19 bits per heavy atom. The van der Waals surface area contributed by atoms with Crippen molar-refractivity contribution in [2.24, 2.45) is 0 Å². The third-order valence-corrected chi connectivity index (χ3v) is 13.0. The summed E-state index contributed by atoms with van der Waals surface area (Å²) < 4.78 is 2.25. The Balaban J connectivity index is 1.39. The molecule has 0 aromatic heterocycles. The minimum absolute atomic E-state index is 0.177. The molecule has 37 heavy (non-hydrogen) atoms. The Kier molecular flexibility index (Phi) is 5.84. The molecule has 0 radical (unpaired) electrons. The van der Waals surface area contributed by atoms with E-state index < -0.39 is 20.4 Å². The van der Waals surface area contributed by atoms with Crippen molar-refractivity contribution >= 4 is 66.0 Å². The Labute approximate surface area is 230 Å². The van der Waals surface area contributed by atoms with Gasteiger partial charge in [-0.3, -0.25) is 0 Å². The summed E-state index contributed by atoms with van der Waals surface area (Å²) in [5, 5.41) is 7.26. The lowest BCUT2D eigenvalue weighted by Crippen LogP contribution is -2.11. The molecule has 0 N–H and O–H groups in total. The van der Waals surface area contributed by atoms with E-state index in [4.69, 9.17) is 0 Å². The van der Waals surface area contributed by atoms with Gasteiger partial charge in [0.15, 0.2) is 0 Å². The van der Waals surface area contributed by atoms with Gasteiger partial charge in [-0.2, -0.15) is 3.70 Å². The molecule has 2 heteroatoms. The number of benzene rings is 5. The van der Waals surface area contributed by atoms with Crippen LogP contribution in [0.3, 0.4) is 0 Å². The van der Waals surface area contributed by atoms with E-state index in [1.54, 1.807) is 31.1 Å². The van der Waals surface area contributed by atoms with Gasteiger partial charge in [-0.1, -0.05) is 130 Å². The molecule has 0 heterocycles. The highest BCUT2D eigenvalue weighted by Gasteiger charge is 2.33. The van der Waals surface area contributed by atoms with Crippen molar-refractivity contribution in [3.8, 4) is 0 Å². The van der Waals surface area contributed by atoms with Crippen LogP contribution < -0.4 is 0 Å². The van der Waals surface area contributed by atoms with Gasteiger partial charge < -0.3 is 0 Å². The fourth-order valence-electron chi connectivity index (χ4n) is 6.59. The number of hydrogen-bond donors (Lipinski definition) is 0. The van der Waals surface area contributed by atoms with Gasteiger partial charge in [-0.05, 0) is 68.9 Å². The molecule has 0 amide bonds. The van der Waals surface area contributed by atoms with Gasteiger partial charge in [0.2, 0.25) is 0 Å². The Morgan fingerprint density at radius 1 is 0.703 bits per heavy atom. The highest BCUT2D eigenvalue weighted by atomic mass is 28.2. The van der Waals surface area contributed by atoms with Crippen LogP contribution in [0.4, 0.5) is 0 Å². The van der Waals surface area contributed by atoms with Crippen molar-refractivity contribution in [2.75, 3.05) is 0 Å². The van der Waals surface area contributed by atoms with Crippen molar-refractivity contribution in [3.63, 3.8) is 0 Å². The van der Waals surface area contributed by atoms with Crippen LogP contribution in [0.5, 0.6) is 0 Å². The van der Waals surface area contributed by atoms with Crippen molar-refractivity contribution in [1.82, 2.24) is 0 Å². The molecule has 174 valence electrons. The number of hydrogen-bond acceptors (Lipinski definition) is 0. The van der Waals surface area contributed by atoms with E-state index >= 15 is 0 Å². The lowest BCUT2D eigenvalue weighted by molar-refractivity contribution is 1.15. The van der Waals surface area contributed by atoms with Gasteiger partial charge in [0.05, 0.1) is 0 Å². The molecule has 0 bridgehead atoms. The quantitative estimate of drug-likeness (QED) is 0.221. The lowest BCUT2D eigenvalue weighted by atomic mass is 9.99. The monoisotopic (exact) mass is 500 g/mol. The second-order valence-electron chi connectivity index (χ2n) is 10.6. The van der Waals surface area contributed by atoms with E-state index in [0.29, 0.717) is 4.05 Å². The van der Waals surface area contributed by atoms with Crippen LogP contribution in [0.2, 0.25) is 0 Å². The van der Waals surface area contributed by atoms with Crippen molar-refractivity contribution in [3.05, 3.63) is 142 Å². The summed E-state index contributed by atoms with van der Waals surface area (Å²) in [6, 6.07) is 39.6. The Morgan fingerprint density at radius 2 is 1.38 bits per heavy atom. The largest absolute Gasteiger partial charge is 0.427 e. The molecule has 1 atom stereocenters. The molecule has 5 aromatic rings. The summed E-state index contributed by atoms with van der Waals surface area (Å²) in [6.45, 7) is 4.80. The SMILES string of the molecule is CC1=Cc2ccc3ccccc3c2[CH]1[Mg][C]1=C(C)C(=[SiH]Cc2ccccc2)c2ccc3ccccc3c21. The zero-order chi connectivity index (χ0) is 24.9. The van der Waals surface area contributed by atoms with Gasteiger partial charge in [0.25, 0.3) is 0 Å². The number of fused-ring (bicyclic) bond motifs is 6. The van der Waals surface area contributed by atoms with Gasteiger partial charge in [0.1, 0.15) is 0 Å². The van der Waals surface area contributed by atoms with Gasteiger partial charge >= 0.3 is 20.4 Å². The van der Waals surface area contributed by atoms with E-state index in [0.717, 1.165) is 0 Å². The molecule has 0 aliphatic heterocycles. The lowest BCUT2D eigenvalue weighted by Gasteiger charge is -2.19. The molecule has 0 fully saturated rings. The number of rotatable bonds is 4. The van der Waals surface area contributed by atoms with E-state index in [2.05, 4.69) is 123 Å². The van der Waals surface area contributed by atoms with Crippen LogP contribution in [-0.2, 0) is 6.04 Å². The molecular weight excluding hydrogens is 473 g/mol. The predicted octanol–water partition coefficient (Wildman–Crippen LogP) is 7.76. The third kappa shape index (κ3) is 3.90. The topological polar surface area (TPSA) is 0 Å². The molecule has 0 nitrogen and oxygen atoms in total. The van der Waals surface area contributed by atoms with Gasteiger partial charge in [0, 0.05) is 9.13 Å². The fraction of sp³-hybridized carbons (Fsp3) is 0.114. The van der Waals surface area contributed by atoms with Crippen LogP contribution in [0, 0.1) is 0 Å². The molecule has 5 aromatic carbocycles. The molecule has 0 saturated carbocycles. The first-order valence-corrected chi connectivity index (χ1v) is 16.3. The zero-order valence-corrected chi connectivity index (χ0v) is 24.0. The van der Waals surface area contributed by atoms with Crippen LogP contribution in [-0.4, -0.2) is 34.7 Å². The summed E-state index contributed by atoms with van der Waals surface area (Å²) in [7, 11) is 0.177. The molecular formula is C35H28MgSi. The average Bonchev–Trinajstić information content (AvgIpc) is 3.41. The zero-order valence-electron chi connectivity index (χ0n) is 21.5. The maximum absolute atomic E-state index is 2.46. The Hall–Kier alpha value is -3.05. The highest BCUT2D eigenvalue weighted by molar-refractivity contribution is 6.73. The summed E-state index contributed by atoms with van der Waals surface area (Å²) in [5.74, 6) is 0. The van der Waals surface area contributed by atoms with Crippen molar-refractivity contribution < 1.29 is 0 Å². The van der Waals surface area contributed by atoms with E-state index in [1.165, 1.54) is 44.3 Å². The van der Waals surface area contributed by atoms with Crippen LogP contribution in [0.1, 0.15) is 45.7 Å². The van der Waals surface area contributed by atoms with Crippen molar-refractivity contribution in [1.29, 1.82) is 0 Å². The van der Waals surface area contributed by atoms with Crippen molar-refractivity contribution in [2.45, 2.75) is 23.9 Å². The molecule has 2 aliphatic carbocycles. The smallest absolute Gasteiger partial charge is 0.161 e. The van der Waals surface area contributed by atoms with Crippen LogP contribution in [0.25, 0.3) is 31.3 Å². The van der Waals surface area contributed by atoms with E-state index in [1.807, 2.05) is 0 Å². The second-order valence-corrected chi connectivity index (χ2v) is 13.9. The van der Waals surface area contributed by atoms with Crippen LogP contribution >= 0.6 is 0 Å². The molecule has 0 saturated heterocycles. The normalized spacial score (nSPS) is 17.3. The molecule has 1 unspecified atom stereocenters. The average molecular weight is 501 g/mol.